The van der Waals surface area contributed by atoms with Crippen LogP contribution >= 0.6 is 27.7 Å². The van der Waals surface area contributed by atoms with Crippen LogP contribution < -0.4 is 0 Å². The summed E-state index contributed by atoms with van der Waals surface area (Å²) >= 11 is 5.58. The topological polar surface area (TPSA) is 35.5 Å². The molecule has 1 aromatic rings. The molecule has 1 aromatic carbocycles. The molecule has 130 valence electrons. The highest BCUT2D eigenvalue weighted by atomic mass is 79.9. The zero-order chi connectivity index (χ0) is 16.9. The average Bonchev–Trinajstić information content (AvgIpc) is 3.40. The molecule has 0 aromatic heterocycles. The molecule has 3 nitrogen and oxygen atoms in total. The van der Waals surface area contributed by atoms with Gasteiger partial charge in [-0.3, -0.25) is 0 Å². The first-order chi connectivity index (χ1) is 11.7. The molecule has 2 aliphatic rings. The molecule has 0 atom stereocenters. The molecule has 0 radical (unpaired) electrons. The van der Waals surface area contributed by atoms with Crippen molar-refractivity contribution in [2.24, 2.45) is 5.92 Å². The summed E-state index contributed by atoms with van der Waals surface area (Å²) in [5, 5.41) is 0.759. The van der Waals surface area contributed by atoms with Gasteiger partial charge in [-0.05, 0) is 72.2 Å². The molecule has 3 rings (SSSR count). The van der Waals surface area contributed by atoms with Crippen LogP contribution in [0.5, 0.6) is 0 Å². The van der Waals surface area contributed by atoms with E-state index in [1.165, 1.54) is 17.7 Å². The number of benzene rings is 1. The van der Waals surface area contributed by atoms with Crippen LogP contribution in [0.25, 0.3) is 5.57 Å². The monoisotopic (exact) mass is 410 g/mol. The summed E-state index contributed by atoms with van der Waals surface area (Å²) in [6, 6.07) is 6.20. The predicted octanol–water partition coefficient (Wildman–Crippen LogP) is 5.08. The number of halogens is 1. The number of thioether (sulfide) groups is 1. The van der Waals surface area contributed by atoms with Gasteiger partial charge in [0.25, 0.3) is 0 Å². The molecule has 0 N–H and O–H groups in total. The van der Waals surface area contributed by atoms with Crippen LogP contribution in [0.3, 0.4) is 0 Å². The van der Waals surface area contributed by atoms with E-state index in [4.69, 9.17) is 9.47 Å². The third kappa shape index (κ3) is 4.87. The third-order valence-corrected chi connectivity index (χ3v) is 6.56. The highest BCUT2D eigenvalue weighted by Crippen LogP contribution is 2.42. The number of hydrogen-bond acceptors (Lipinski definition) is 4. The van der Waals surface area contributed by atoms with Crippen LogP contribution in [0.1, 0.15) is 38.2 Å². The van der Waals surface area contributed by atoms with Crippen LogP contribution in [-0.4, -0.2) is 31.0 Å². The molecule has 1 saturated carbocycles. The Morgan fingerprint density at radius 1 is 1.33 bits per heavy atom. The second kappa shape index (κ2) is 8.54. The van der Waals surface area contributed by atoms with E-state index in [2.05, 4.69) is 28.1 Å². The van der Waals surface area contributed by atoms with Crippen molar-refractivity contribution < 1.29 is 14.3 Å². The maximum absolute atomic E-state index is 12.5. The van der Waals surface area contributed by atoms with Crippen LogP contribution in [0.4, 0.5) is 0 Å². The maximum Gasteiger partial charge on any atom is 0.338 e. The van der Waals surface area contributed by atoms with Crippen molar-refractivity contribution >= 4 is 39.2 Å². The van der Waals surface area contributed by atoms with Gasteiger partial charge in [0.05, 0.1) is 12.2 Å². The Labute approximate surface area is 156 Å². The van der Waals surface area contributed by atoms with E-state index in [0.29, 0.717) is 18.1 Å². The summed E-state index contributed by atoms with van der Waals surface area (Å²) in [4.78, 5) is 13.7. The fourth-order valence-electron chi connectivity index (χ4n) is 2.74. The molecule has 24 heavy (non-hydrogen) atoms. The van der Waals surface area contributed by atoms with Gasteiger partial charge in [-0.1, -0.05) is 12.1 Å². The van der Waals surface area contributed by atoms with E-state index in [-0.39, 0.29) is 5.97 Å². The van der Waals surface area contributed by atoms with Crippen molar-refractivity contribution in [1.82, 2.24) is 0 Å². The normalized spacial score (nSPS) is 19.3. The second-order valence-electron chi connectivity index (χ2n) is 6.21. The van der Waals surface area contributed by atoms with Crippen molar-refractivity contribution in [3.63, 3.8) is 0 Å². The van der Waals surface area contributed by atoms with Gasteiger partial charge in [0.1, 0.15) is 0 Å². The summed E-state index contributed by atoms with van der Waals surface area (Å²) in [5.41, 5.74) is 1.60. The van der Waals surface area contributed by atoms with Gasteiger partial charge in [-0.25, -0.2) is 4.79 Å². The fourth-order valence-corrected chi connectivity index (χ4v) is 4.45. The molecule has 1 aliphatic heterocycles. The van der Waals surface area contributed by atoms with Crippen LogP contribution in [0.2, 0.25) is 0 Å². The smallest absolute Gasteiger partial charge is 0.338 e. The van der Waals surface area contributed by atoms with Gasteiger partial charge < -0.3 is 9.47 Å². The number of rotatable bonds is 6. The Morgan fingerprint density at radius 2 is 2.08 bits per heavy atom. The van der Waals surface area contributed by atoms with Crippen molar-refractivity contribution in [3.8, 4) is 0 Å². The molecule has 2 fully saturated rings. The van der Waals surface area contributed by atoms with E-state index in [9.17, 15) is 4.79 Å². The van der Waals surface area contributed by atoms with Crippen molar-refractivity contribution in [2.75, 3.05) is 19.8 Å². The minimum Gasteiger partial charge on any atom is -0.462 e. The zero-order valence-corrected chi connectivity index (χ0v) is 16.3. The molecule has 5 heteroatoms. The maximum atomic E-state index is 12.5. The molecule has 0 bridgehead atoms. The van der Waals surface area contributed by atoms with Crippen molar-refractivity contribution in [3.05, 3.63) is 34.3 Å². The molecule has 1 saturated heterocycles. The van der Waals surface area contributed by atoms with Gasteiger partial charge >= 0.3 is 5.97 Å². The largest absolute Gasteiger partial charge is 0.462 e. The Morgan fingerprint density at radius 3 is 2.71 bits per heavy atom. The Bertz CT molecular complexity index is 619. The number of allylic oxidation sites excluding steroid dienone is 1. The predicted molar refractivity (Wildman–Crippen MR) is 101 cm³/mol. The molecule has 1 aliphatic carbocycles. The number of carbonyl (C=O) groups excluding carboxylic acids is 1. The average molecular weight is 411 g/mol. The summed E-state index contributed by atoms with van der Waals surface area (Å²) in [6.45, 7) is 3.76. The molecule has 1 heterocycles. The third-order valence-electron chi connectivity index (χ3n) is 4.22. The number of ether oxygens (including phenoxy) is 2. The lowest BCUT2D eigenvalue weighted by molar-refractivity contribution is -0.136. The van der Waals surface area contributed by atoms with Crippen molar-refractivity contribution in [1.29, 1.82) is 0 Å². The van der Waals surface area contributed by atoms with E-state index in [1.807, 2.05) is 30.8 Å². The zero-order valence-electron chi connectivity index (χ0n) is 13.9. The SMILES string of the molecule is CCOC(=O)C(=CC1CCOCC1)c1ccc(SC2CC2)c(Br)c1. The van der Waals surface area contributed by atoms with E-state index >= 15 is 0 Å². The van der Waals surface area contributed by atoms with Gasteiger partial charge in [0.15, 0.2) is 0 Å². The summed E-state index contributed by atoms with van der Waals surface area (Å²) in [7, 11) is 0. The lowest BCUT2D eigenvalue weighted by atomic mass is 9.94. The molecular formula is C19H23BrO3S. The van der Waals surface area contributed by atoms with Gasteiger partial charge in [0, 0.05) is 27.8 Å². The quantitative estimate of drug-likeness (QED) is 0.483. The van der Waals surface area contributed by atoms with Crippen LogP contribution in [0, 0.1) is 5.92 Å². The lowest BCUT2D eigenvalue weighted by Gasteiger charge is -2.20. The first-order valence-corrected chi connectivity index (χ1v) is 10.3. The Hall–Kier alpha value is -0.780. The first-order valence-electron chi connectivity index (χ1n) is 8.60. The highest BCUT2D eigenvalue weighted by Gasteiger charge is 2.24. The Kier molecular flexibility index (Phi) is 6.42. The minimum absolute atomic E-state index is 0.238. The highest BCUT2D eigenvalue weighted by molar-refractivity contribution is 9.10. The molecule has 0 spiro atoms. The summed E-state index contributed by atoms with van der Waals surface area (Å²) in [6.07, 6.45) is 6.60. The van der Waals surface area contributed by atoms with Gasteiger partial charge in [0.2, 0.25) is 0 Å². The summed E-state index contributed by atoms with van der Waals surface area (Å²) in [5.74, 6) is 0.135. The van der Waals surface area contributed by atoms with E-state index in [0.717, 1.165) is 41.3 Å². The molecule has 0 amide bonds. The fraction of sp³-hybridized carbons (Fsp3) is 0.526. The minimum atomic E-state index is -0.238. The standard InChI is InChI=1S/C19H23BrO3S/c1-2-23-19(21)16(11-13-7-9-22-10-8-13)14-3-6-18(17(20)12-14)24-15-4-5-15/h3,6,11-13,15H,2,4-5,7-10H2,1H3. The molecular weight excluding hydrogens is 388 g/mol. The number of carbonyl (C=O) groups is 1. The van der Waals surface area contributed by atoms with Crippen LogP contribution in [-0.2, 0) is 14.3 Å². The Balaban J connectivity index is 1.84. The van der Waals surface area contributed by atoms with Gasteiger partial charge in [-0.2, -0.15) is 0 Å². The lowest BCUT2D eigenvalue weighted by Crippen LogP contribution is -2.16. The van der Waals surface area contributed by atoms with Gasteiger partial charge in [-0.15, -0.1) is 11.8 Å². The van der Waals surface area contributed by atoms with E-state index < -0.39 is 0 Å². The second-order valence-corrected chi connectivity index (χ2v) is 8.41. The number of hydrogen-bond donors (Lipinski definition) is 0. The molecule has 0 unspecified atom stereocenters. The van der Waals surface area contributed by atoms with Crippen LogP contribution in [0.15, 0.2) is 33.6 Å². The number of esters is 1. The van der Waals surface area contributed by atoms with E-state index in [1.54, 1.807) is 0 Å². The van der Waals surface area contributed by atoms with Crippen molar-refractivity contribution in [2.45, 2.75) is 42.8 Å². The summed E-state index contributed by atoms with van der Waals surface area (Å²) < 4.78 is 11.8. The first kappa shape index (κ1) is 18.0.